The van der Waals surface area contributed by atoms with E-state index in [9.17, 15) is 10.2 Å². The van der Waals surface area contributed by atoms with Gasteiger partial charge in [-0.25, -0.2) is 0 Å². The van der Waals surface area contributed by atoms with Crippen LogP contribution in [0.25, 0.3) is 0 Å². The standard InChI is InChI=1S/C22H48N2O2/c1-9-19(25)13-17(7)20(10-2)21(22(26)23-14-16(5)6)24-18(8)12-11-15(3)4/h15-26H,9-14H2,1-8H3. The van der Waals surface area contributed by atoms with Gasteiger partial charge >= 0.3 is 0 Å². The lowest BCUT2D eigenvalue weighted by Crippen LogP contribution is -2.56. The van der Waals surface area contributed by atoms with Gasteiger partial charge in [0.15, 0.2) is 0 Å². The van der Waals surface area contributed by atoms with Crippen LogP contribution in [0.4, 0.5) is 0 Å². The predicted molar refractivity (Wildman–Crippen MR) is 113 cm³/mol. The topological polar surface area (TPSA) is 64.5 Å². The summed E-state index contributed by atoms with van der Waals surface area (Å²) in [7, 11) is 0. The molecule has 158 valence electrons. The van der Waals surface area contributed by atoms with E-state index in [0.29, 0.717) is 29.7 Å². The Kier molecular flexibility index (Phi) is 13.8. The Morgan fingerprint density at radius 3 is 1.88 bits per heavy atom. The molecule has 0 heterocycles. The predicted octanol–water partition coefficient (Wildman–Crippen LogP) is 4.16. The number of aliphatic hydroxyl groups is 2. The average Bonchev–Trinajstić information content (AvgIpc) is 2.57. The van der Waals surface area contributed by atoms with Crippen LogP contribution in [-0.4, -0.2) is 41.2 Å². The molecular weight excluding hydrogens is 324 g/mol. The molecule has 0 amide bonds. The highest BCUT2D eigenvalue weighted by Crippen LogP contribution is 2.27. The Morgan fingerprint density at radius 1 is 0.808 bits per heavy atom. The van der Waals surface area contributed by atoms with E-state index in [4.69, 9.17) is 0 Å². The van der Waals surface area contributed by atoms with Gasteiger partial charge in [-0.15, -0.1) is 0 Å². The minimum absolute atomic E-state index is 0.0000293. The fourth-order valence-corrected chi connectivity index (χ4v) is 3.71. The Bertz CT molecular complexity index is 336. The summed E-state index contributed by atoms with van der Waals surface area (Å²) in [5.74, 6) is 1.89. The molecule has 0 aliphatic heterocycles. The SMILES string of the molecule is CCC(O)CC(C)C(CC)C(NC(C)CCC(C)C)C(O)NCC(C)C. The molecule has 26 heavy (non-hydrogen) atoms. The van der Waals surface area contributed by atoms with Gasteiger partial charge in [0.2, 0.25) is 0 Å². The summed E-state index contributed by atoms with van der Waals surface area (Å²) in [6.45, 7) is 18.3. The van der Waals surface area contributed by atoms with Crippen molar-refractivity contribution in [1.29, 1.82) is 0 Å². The van der Waals surface area contributed by atoms with Gasteiger partial charge in [-0.05, 0) is 62.8 Å². The lowest BCUT2D eigenvalue weighted by atomic mass is 9.80. The maximum Gasteiger partial charge on any atom is 0.120 e. The third-order valence-electron chi connectivity index (χ3n) is 5.51. The van der Waals surface area contributed by atoms with Crippen LogP contribution >= 0.6 is 0 Å². The minimum Gasteiger partial charge on any atom is -0.393 e. The van der Waals surface area contributed by atoms with E-state index in [1.165, 1.54) is 6.42 Å². The summed E-state index contributed by atoms with van der Waals surface area (Å²) in [4.78, 5) is 0. The lowest BCUT2D eigenvalue weighted by molar-refractivity contribution is 0.0321. The van der Waals surface area contributed by atoms with Crippen LogP contribution in [0.2, 0.25) is 0 Å². The van der Waals surface area contributed by atoms with E-state index >= 15 is 0 Å². The molecule has 6 atom stereocenters. The molecule has 4 N–H and O–H groups in total. The Labute approximate surface area is 163 Å². The van der Waals surface area contributed by atoms with Crippen molar-refractivity contribution in [3.63, 3.8) is 0 Å². The Hall–Kier alpha value is -0.160. The first kappa shape index (κ1) is 25.8. The van der Waals surface area contributed by atoms with Gasteiger partial charge in [-0.1, -0.05) is 54.9 Å². The van der Waals surface area contributed by atoms with Crippen molar-refractivity contribution in [2.24, 2.45) is 23.7 Å². The summed E-state index contributed by atoms with van der Waals surface area (Å²) in [6.07, 6.45) is 4.07. The van der Waals surface area contributed by atoms with Crippen LogP contribution < -0.4 is 10.6 Å². The molecule has 0 saturated heterocycles. The lowest BCUT2D eigenvalue weighted by Gasteiger charge is -2.38. The van der Waals surface area contributed by atoms with Crippen molar-refractivity contribution in [3.05, 3.63) is 0 Å². The molecule has 0 radical (unpaired) electrons. The van der Waals surface area contributed by atoms with Gasteiger partial charge in [0.05, 0.1) is 6.10 Å². The monoisotopic (exact) mass is 372 g/mol. The molecule has 0 aliphatic rings. The molecule has 0 spiro atoms. The smallest absolute Gasteiger partial charge is 0.120 e. The van der Waals surface area contributed by atoms with Crippen LogP contribution in [0.1, 0.15) is 87.5 Å². The third-order valence-corrected chi connectivity index (χ3v) is 5.51. The molecule has 0 bridgehead atoms. The summed E-state index contributed by atoms with van der Waals surface area (Å²) in [5, 5.41) is 28.0. The van der Waals surface area contributed by atoms with E-state index in [1.807, 2.05) is 6.92 Å². The average molecular weight is 373 g/mol. The van der Waals surface area contributed by atoms with Crippen LogP contribution in [0.5, 0.6) is 0 Å². The zero-order valence-corrected chi connectivity index (χ0v) is 18.8. The molecule has 0 aromatic heterocycles. The van der Waals surface area contributed by atoms with Crippen molar-refractivity contribution in [1.82, 2.24) is 10.6 Å². The van der Waals surface area contributed by atoms with Gasteiger partial charge < -0.3 is 15.5 Å². The van der Waals surface area contributed by atoms with Crippen molar-refractivity contribution in [3.8, 4) is 0 Å². The zero-order valence-electron chi connectivity index (χ0n) is 18.8. The molecule has 4 heteroatoms. The first-order valence-electron chi connectivity index (χ1n) is 11.0. The number of nitrogens with one attached hydrogen (secondary N) is 2. The summed E-state index contributed by atoms with van der Waals surface area (Å²) in [5.41, 5.74) is 0. The largest absolute Gasteiger partial charge is 0.393 e. The van der Waals surface area contributed by atoms with Crippen LogP contribution in [0.3, 0.4) is 0 Å². The maximum absolute atomic E-state index is 10.9. The van der Waals surface area contributed by atoms with Crippen LogP contribution in [0, 0.1) is 23.7 Å². The van der Waals surface area contributed by atoms with Crippen LogP contribution in [0.15, 0.2) is 0 Å². The van der Waals surface area contributed by atoms with Crippen molar-refractivity contribution in [2.75, 3.05) is 6.54 Å². The van der Waals surface area contributed by atoms with Crippen molar-refractivity contribution >= 4 is 0 Å². The second kappa shape index (κ2) is 13.9. The highest BCUT2D eigenvalue weighted by atomic mass is 16.3. The Morgan fingerprint density at radius 2 is 1.42 bits per heavy atom. The molecule has 0 rings (SSSR count). The number of hydrogen-bond donors (Lipinski definition) is 4. The first-order valence-corrected chi connectivity index (χ1v) is 11.0. The second-order valence-electron chi connectivity index (χ2n) is 9.16. The van der Waals surface area contributed by atoms with E-state index in [1.54, 1.807) is 0 Å². The molecule has 0 aromatic rings. The van der Waals surface area contributed by atoms with E-state index in [2.05, 4.69) is 59.1 Å². The van der Waals surface area contributed by atoms with Gasteiger partial charge in [-0.3, -0.25) is 5.32 Å². The van der Waals surface area contributed by atoms with Crippen LogP contribution in [-0.2, 0) is 0 Å². The Balaban J connectivity index is 5.11. The molecule has 0 aromatic carbocycles. The molecule has 0 fully saturated rings. The van der Waals surface area contributed by atoms with Gasteiger partial charge in [0.25, 0.3) is 0 Å². The van der Waals surface area contributed by atoms with Gasteiger partial charge in [-0.2, -0.15) is 0 Å². The number of hydrogen-bond acceptors (Lipinski definition) is 4. The zero-order chi connectivity index (χ0) is 20.3. The number of rotatable bonds is 15. The van der Waals surface area contributed by atoms with Crippen molar-refractivity contribution < 1.29 is 10.2 Å². The minimum atomic E-state index is -0.565. The summed E-state index contributed by atoms with van der Waals surface area (Å²) < 4.78 is 0. The fourth-order valence-electron chi connectivity index (χ4n) is 3.71. The highest BCUT2D eigenvalue weighted by molar-refractivity contribution is 4.87. The first-order chi connectivity index (χ1) is 12.1. The maximum atomic E-state index is 10.9. The molecule has 6 unspecified atom stereocenters. The quantitative estimate of drug-likeness (QED) is 0.326. The van der Waals surface area contributed by atoms with Gasteiger partial charge in [0.1, 0.15) is 6.23 Å². The molecule has 4 nitrogen and oxygen atoms in total. The van der Waals surface area contributed by atoms with E-state index in [0.717, 1.165) is 32.2 Å². The normalized spacial score (nSPS) is 19.4. The molecule has 0 aliphatic carbocycles. The van der Waals surface area contributed by atoms with E-state index in [-0.39, 0.29) is 12.1 Å². The highest BCUT2D eigenvalue weighted by Gasteiger charge is 2.32. The molecular formula is C22H48N2O2. The molecule has 0 saturated carbocycles. The third kappa shape index (κ3) is 10.9. The summed E-state index contributed by atoms with van der Waals surface area (Å²) in [6, 6.07) is 0.371. The number of aliphatic hydroxyl groups excluding tert-OH is 2. The van der Waals surface area contributed by atoms with E-state index < -0.39 is 6.23 Å². The summed E-state index contributed by atoms with van der Waals surface area (Å²) >= 11 is 0. The van der Waals surface area contributed by atoms with Gasteiger partial charge in [0, 0.05) is 12.1 Å². The fraction of sp³-hybridized carbons (Fsp3) is 1.00. The van der Waals surface area contributed by atoms with Crippen molar-refractivity contribution in [2.45, 2.75) is 112 Å². The second-order valence-corrected chi connectivity index (χ2v) is 9.16.